The number of amides is 1. The summed E-state index contributed by atoms with van der Waals surface area (Å²) in [4.78, 5) is 11.3. The first-order valence-electron chi connectivity index (χ1n) is 4.04. The molecule has 0 aromatic carbocycles. The van der Waals surface area contributed by atoms with Gasteiger partial charge in [-0.1, -0.05) is 6.42 Å². The second kappa shape index (κ2) is 1.74. The molecule has 1 N–H and O–H groups in total. The van der Waals surface area contributed by atoms with E-state index in [0.29, 0.717) is 11.9 Å². The maximum Gasteiger partial charge on any atom is 0.226 e. The maximum absolute atomic E-state index is 11.3. The molecule has 2 fully saturated rings. The molecule has 0 aromatic rings. The van der Waals surface area contributed by atoms with Crippen LogP contribution in [0.5, 0.6) is 0 Å². The van der Waals surface area contributed by atoms with E-state index in [0.717, 1.165) is 19.3 Å². The third-order valence-electron chi connectivity index (χ3n) is 2.87. The van der Waals surface area contributed by atoms with Gasteiger partial charge in [0.05, 0.1) is 5.41 Å². The summed E-state index contributed by atoms with van der Waals surface area (Å²) in [7, 11) is 0. The lowest BCUT2D eigenvalue weighted by Crippen LogP contribution is -2.37. The quantitative estimate of drug-likeness (QED) is 0.534. The molecule has 1 heterocycles. The lowest BCUT2D eigenvalue weighted by atomic mass is 9.67. The summed E-state index contributed by atoms with van der Waals surface area (Å²) >= 11 is 0. The predicted molar refractivity (Wildman–Crippen MR) is 38.5 cm³/mol. The SMILES string of the molecule is CC1CC2(CCC2)C(=O)N1. The van der Waals surface area contributed by atoms with E-state index in [1.807, 2.05) is 0 Å². The van der Waals surface area contributed by atoms with Crippen LogP contribution in [-0.2, 0) is 4.79 Å². The predicted octanol–water partition coefficient (Wildman–Crippen LogP) is 1.07. The highest BCUT2D eigenvalue weighted by Crippen LogP contribution is 2.47. The van der Waals surface area contributed by atoms with Gasteiger partial charge >= 0.3 is 0 Å². The van der Waals surface area contributed by atoms with Crippen LogP contribution in [0.15, 0.2) is 0 Å². The molecule has 1 amide bonds. The van der Waals surface area contributed by atoms with Crippen LogP contribution >= 0.6 is 0 Å². The molecule has 2 heteroatoms. The van der Waals surface area contributed by atoms with Gasteiger partial charge in [0.2, 0.25) is 5.91 Å². The third kappa shape index (κ3) is 0.619. The summed E-state index contributed by atoms with van der Waals surface area (Å²) in [5.74, 6) is 0.311. The number of carbonyl (C=O) groups is 1. The van der Waals surface area contributed by atoms with E-state index in [9.17, 15) is 4.79 Å². The van der Waals surface area contributed by atoms with Crippen molar-refractivity contribution in [3.63, 3.8) is 0 Å². The summed E-state index contributed by atoms with van der Waals surface area (Å²) in [5.41, 5.74) is 0.0966. The molecule has 1 aliphatic heterocycles. The standard InChI is InChI=1S/C8H13NO/c1-6-5-8(3-2-4-8)7(10)9-6/h6H,2-5H2,1H3,(H,9,10). The normalized spacial score (nSPS) is 35.7. The molecule has 1 saturated heterocycles. The van der Waals surface area contributed by atoms with Gasteiger partial charge in [0.25, 0.3) is 0 Å². The van der Waals surface area contributed by atoms with Gasteiger partial charge in [-0.05, 0) is 26.2 Å². The van der Waals surface area contributed by atoms with Crippen molar-refractivity contribution in [3.8, 4) is 0 Å². The van der Waals surface area contributed by atoms with Crippen molar-refractivity contribution in [2.45, 2.75) is 38.6 Å². The zero-order chi connectivity index (χ0) is 7.19. The molecule has 1 unspecified atom stereocenters. The zero-order valence-corrected chi connectivity index (χ0v) is 6.31. The van der Waals surface area contributed by atoms with Crippen LogP contribution in [0.25, 0.3) is 0 Å². The lowest BCUT2D eigenvalue weighted by molar-refractivity contribution is -0.131. The summed E-state index contributed by atoms with van der Waals surface area (Å²) in [6, 6.07) is 0.424. The maximum atomic E-state index is 11.3. The Balaban J connectivity index is 2.16. The highest BCUT2D eigenvalue weighted by Gasteiger charge is 2.49. The number of nitrogens with one attached hydrogen (secondary N) is 1. The molecule has 56 valence electrons. The third-order valence-corrected chi connectivity index (χ3v) is 2.87. The van der Waals surface area contributed by atoms with Gasteiger partial charge in [-0.25, -0.2) is 0 Å². The first kappa shape index (κ1) is 6.20. The van der Waals surface area contributed by atoms with Gasteiger partial charge in [0.1, 0.15) is 0 Å². The first-order chi connectivity index (χ1) is 4.73. The largest absolute Gasteiger partial charge is 0.353 e. The topological polar surface area (TPSA) is 29.1 Å². The van der Waals surface area contributed by atoms with E-state index in [4.69, 9.17) is 0 Å². The summed E-state index contributed by atoms with van der Waals surface area (Å²) < 4.78 is 0. The Hall–Kier alpha value is -0.530. The molecule has 1 saturated carbocycles. The minimum Gasteiger partial charge on any atom is -0.353 e. The van der Waals surface area contributed by atoms with Gasteiger partial charge in [-0.3, -0.25) is 4.79 Å². The van der Waals surface area contributed by atoms with E-state index >= 15 is 0 Å². The number of carbonyl (C=O) groups excluding carboxylic acids is 1. The van der Waals surface area contributed by atoms with E-state index < -0.39 is 0 Å². The average molecular weight is 139 g/mol. The fourth-order valence-corrected chi connectivity index (χ4v) is 2.14. The van der Waals surface area contributed by atoms with E-state index in [-0.39, 0.29) is 5.41 Å². The van der Waals surface area contributed by atoms with Crippen molar-refractivity contribution >= 4 is 5.91 Å². The Morgan fingerprint density at radius 1 is 1.60 bits per heavy atom. The van der Waals surface area contributed by atoms with Crippen molar-refractivity contribution in [2.24, 2.45) is 5.41 Å². The second-order valence-corrected chi connectivity index (χ2v) is 3.71. The second-order valence-electron chi connectivity index (χ2n) is 3.71. The number of hydrogen-bond acceptors (Lipinski definition) is 1. The Morgan fingerprint density at radius 2 is 2.30 bits per heavy atom. The van der Waals surface area contributed by atoms with Crippen molar-refractivity contribution in [1.29, 1.82) is 0 Å². The van der Waals surface area contributed by atoms with Gasteiger partial charge < -0.3 is 5.32 Å². The molecule has 0 radical (unpaired) electrons. The smallest absolute Gasteiger partial charge is 0.226 e. The number of rotatable bonds is 0. The first-order valence-corrected chi connectivity index (χ1v) is 4.04. The Kier molecular flexibility index (Phi) is 1.08. The molecule has 10 heavy (non-hydrogen) atoms. The van der Waals surface area contributed by atoms with E-state index in [1.54, 1.807) is 0 Å². The van der Waals surface area contributed by atoms with Gasteiger partial charge in [-0.2, -0.15) is 0 Å². The van der Waals surface area contributed by atoms with Gasteiger partial charge in [0.15, 0.2) is 0 Å². The zero-order valence-electron chi connectivity index (χ0n) is 6.31. The lowest BCUT2D eigenvalue weighted by Gasteiger charge is -2.34. The Labute approximate surface area is 61.0 Å². The minimum absolute atomic E-state index is 0.0966. The van der Waals surface area contributed by atoms with Crippen LogP contribution in [0.4, 0.5) is 0 Å². The molecule has 0 bridgehead atoms. The van der Waals surface area contributed by atoms with Crippen molar-refractivity contribution in [3.05, 3.63) is 0 Å². The highest BCUT2D eigenvalue weighted by molar-refractivity contribution is 5.86. The highest BCUT2D eigenvalue weighted by atomic mass is 16.2. The average Bonchev–Trinajstić information content (AvgIpc) is 2.04. The molecular formula is C8H13NO. The van der Waals surface area contributed by atoms with Crippen LogP contribution in [0.3, 0.4) is 0 Å². The van der Waals surface area contributed by atoms with Crippen LogP contribution in [-0.4, -0.2) is 11.9 Å². The molecule has 2 aliphatic rings. The summed E-state index contributed by atoms with van der Waals surface area (Å²) in [5, 5.41) is 2.97. The molecule has 1 spiro atoms. The monoisotopic (exact) mass is 139 g/mol. The van der Waals surface area contributed by atoms with Crippen molar-refractivity contribution in [1.82, 2.24) is 5.32 Å². The Bertz CT molecular complexity index is 172. The summed E-state index contributed by atoms with van der Waals surface area (Å²) in [6.45, 7) is 2.09. The van der Waals surface area contributed by atoms with Crippen LogP contribution in [0.1, 0.15) is 32.6 Å². The molecule has 1 atom stereocenters. The molecule has 2 nitrogen and oxygen atoms in total. The van der Waals surface area contributed by atoms with E-state index in [1.165, 1.54) is 6.42 Å². The van der Waals surface area contributed by atoms with Crippen LogP contribution in [0.2, 0.25) is 0 Å². The van der Waals surface area contributed by atoms with Gasteiger partial charge in [0, 0.05) is 6.04 Å². The van der Waals surface area contributed by atoms with Gasteiger partial charge in [-0.15, -0.1) is 0 Å². The molecule has 2 rings (SSSR count). The Morgan fingerprint density at radius 3 is 2.50 bits per heavy atom. The van der Waals surface area contributed by atoms with Crippen LogP contribution < -0.4 is 5.32 Å². The minimum atomic E-state index is 0.0966. The number of hydrogen-bond donors (Lipinski definition) is 1. The summed E-state index contributed by atoms with van der Waals surface area (Å²) in [6.07, 6.45) is 4.58. The molecule has 1 aliphatic carbocycles. The van der Waals surface area contributed by atoms with Crippen molar-refractivity contribution in [2.75, 3.05) is 0 Å². The van der Waals surface area contributed by atoms with E-state index in [2.05, 4.69) is 12.2 Å². The molecule has 0 aromatic heterocycles. The van der Waals surface area contributed by atoms with Crippen molar-refractivity contribution < 1.29 is 4.79 Å². The fraction of sp³-hybridized carbons (Fsp3) is 0.875. The van der Waals surface area contributed by atoms with Crippen LogP contribution in [0, 0.1) is 5.41 Å². The molecular weight excluding hydrogens is 126 g/mol. The fourth-order valence-electron chi connectivity index (χ4n) is 2.14.